The molecule has 0 atom stereocenters. The molecule has 0 aromatic carbocycles. The summed E-state index contributed by atoms with van der Waals surface area (Å²) < 4.78 is 1.25. The summed E-state index contributed by atoms with van der Waals surface area (Å²) in [5.41, 5.74) is 0. The minimum Gasteiger partial charge on any atom is -0.309 e. The van der Waals surface area contributed by atoms with Gasteiger partial charge in [-0.25, -0.2) is 0 Å². The second kappa shape index (κ2) is 3.90. The van der Waals surface area contributed by atoms with Gasteiger partial charge in [-0.05, 0) is 40.2 Å². The number of halogens is 1. The molecule has 0 spiro atoms. The average molecular weight is 246 g/mol. The van der Waals surface area contributed by atoms with Gasteiger partial charge in [0.2, 0.25) is 0 Å². The van der Waals surface area contributed by atoms with Gasteiger partial charge in [-0.3, -0.25) is 0 Å². The molecule has 1 nitrogen and oxygen atoms in total. The first-order valence-electron chi connectivity index (χ1n) is 4.31. The first kappa shape index (κ1) is 8.73. The molecule has 1 saturated carbocycles. The van der Waals surface area contributed by atoms with Crippen LogP contribution in [-0.4, -0.2) is 6.04 Å². The number of hydrogen-bond donors (Lipinski definition) is 1. The lowest BCUT2D eigenvalue weighted by atomic mass is 9.93. The Morgan fingerprint density at radius 1 is 1.58 bits per heavy atom. The van der Waals surface area contributed by atoms with E-state index in [9.17, 15) is 0 Å². The van der Waals surface area contributed by atoms with Gasteiger partial charge in [0.1, 0.15) is 0 Å². The Morgan fingerprint density at radius 2 is 2.42 bits per heavy atom. The summed E-state index contributed by atoms with van der Waals surface area (Å²) >= 11 is 5.34. The van der Waals surface area contributed by atoms with Gasteiger partial charge < -0.3 is 5.32 Å². The van der Waals surface area contributed by atoms with Crippen molar-refractivity contribution >= 4 is 27.3 Å². The first-order chi connectivity index (χ1) is 5.86. The quantitative estimate of drug-likeness (QED) is 0.863. The van der Waals surface area contributed by atoms with Gasteiger partial charge in [-0.1, -0.05) is 6.42 Å². The molecule has 1 heterocycles. The first-order valence-corrected chi connectivity index (χ1v) is 5.99. The number of hydrogen-bond acceptors (Lipinski definition) is 2. The molecular weight excluding hydrogens is 234 g/mol. The fourth-order valence-electron chi connectivity index (χ4n) is 1.30. The van der Waals surface area contributed by atoms with Crippen LogP contribution in [-0.2, 0) is 6.54 Å². The van der Waals surface area contributed by atoms with Gasteiger partial charge in [-0.15, -0.1) is 11.3 Å². The van der Waals surface area contributed by atoms with E-state index in [1.165, 1.54) is 28.6 Å². The van der Waals surface area contributed by atoms with Crippen LogP contribution in [0, 0.1) is 0 Å². The summed E-state index contributed by atoms with van der Waals surface area (Å²) in [7, 11) is 0. The number of rotatable bonds is 3. The van der Waals surface area contributed by atoms with E-state index >= 15 is 0 Å². The summed E-state index contributed by atoms with van der Waals surface area (Å²) in [6.07, 6.45) is 4.13. The standard InChI is InChI=1S/C9H12BrNS/c10-8-4-5-12-9(8)6-11-7-2-1-3-7/h4-5,7,11H,1-3,6H2. The molecule has 1 aliphatic carbocycles. The van der Waals surface area contributed by atoms with Crippen molar-refractivity contribution in [2.24, 2.45) is 0 Å². The molecule has 1 fully saturated rings. The minimum atomic E-state index is 0.791. The Bertz CT molecular complexity index is 255. The summed E-state index contributed by atoms with van der Waals surface area (Å²) in [5, 5.41) is 5.67. The maximum Gasteiger partial charge on any atom is 0.0327 e. The third-order valence-corrected chi connectivity index (χ3v) is 4.27. The molecule has 1 aromatic rings. The van der Waals surface area contributed by atoms with E-state index in [1.54, 1.807) is 0 Å². The Balaban J connectivity index is 1.82. The predicted molar refractivity (Wildman–Crippen MR) is 56.5 cm³/mol. The van der Waals surface area contributed by atoms with Crippen LogP contribution in [0.25, 0.3) is 0 Å². The van der Waals surface area contributed by atoms with Gasteiger partial charge in [0, 0.05) is 21.9 Å². The Kier molecular flexibility index (Phi) is 2.84. The van der Waals surface area contributed by atoms with Crippen LogP contribution in [0.1, 0.15) is 24.1 Å². The van der Waals surface area contributed by atoms with Crippen molar-refractivity contribution in [2.75, 3.05) is 0 Å². The van der Waals surface area contributed by atoms with E-state index < -0.39 is 0 Å². The lowest BCUT2D eigenvalue weighted by Gasteiger charge is -2.26. The molecule has 0 bridgehead atoms. The minimum absolute atomic E-state index is 0.791. The molecule has 1 aliphatic rings. The van der Waals surface area contributed by atoms with Crippen molar-refractivity contribution in [3.8, 4) is 0 Å². The molecule has 3 heteroatoms. The monoisotopic (exact) mass is 245 g/mol. The third kappa shape index (κ3) is 1.90. The number of nitrogens with one attached hydrogen (secondary N) is 1. The van der Waals surface area contributed by atoms with E-state index in [4.69, 9.17) is 0 Å². The topological polar surface area (TPSA) is 12.0 Å². The van der Waals surface area contributed by atoms with E-state index in [0.29, 0.717) is 0 Å². The fourth-order valence-corrected chi connectivity index (χ4v) is 2.74. The second-order valence-electron chi connectivity index (χ2n) is 3.20. The summed E-state index contributed by atoms with van der Waals surface area (Å²) in [4.78, 5) is 1.42. The maximum absolute atomic E-state index is 3.54. The molecule has 1 aromatic heterocycles. The molecule has 0 saturated heterocycles. The highest BCUT2D eigenvalue weighted by Gasteiger charge is 2.16. The molecule has 66 valence electrons. The maximum atomic E-state index is 3.54. The van der Waals surface area contributed by atoms with Crippen molar-refractivity contribution < 1.29 is 0 Å². The van der Waals surface area contributed by atoms with Gasteiger partial charge in [-0.2, -0.15) is 0 Å². The fraction of sp³-hybridized carbons (Fsp3) is 0.556. The Hall–Kier alpha value is 0.140. The zero-order valence-electron chi connectivity index (χ0n) is 6.85. The molecule has 1 N–H and O–H groups in total. The largest absolute Gasteiger partial charge is 0.309 e. The van der Waals surface area contributed by atoms with Crippen molar-refractivity contribution in [1.29, 1.82) is 0 Å². The van der Waals surface area contributed by atoms with Crippen LogP contribution in [0.2, 0.25) is 0 Å². The molecule has 0 aliphatic heterocycles. The summed E-state index contributed by atoms with van der Waals surface area (Å²) in [6.45, 7) is 1.03. The lowest BCUT2D eigenvalue weighted by Crippen LogP contribution is -2.34. The number of thiophene rings is 1. The van der Waals surface area contributed by atoms with E-state index in [2.05, 4.69) is 32.7 Å². The second-order valence-corrected chi connectivity index (χ2v) is 5.06. The van der Waals surface area contributed by atoms with Crippen molar-refractivity contribution in [2.45, 2.75) is 31.8 Å². The van der Waals surface area contributed by atoms with Crippen molar-refractivity contribution in [3.63, 3.8) is 0 Å². The van der Waals surface area contributed by atoms with Crippen LogP contribution in [0.4, 0.5) is 0 Å². The lowest BCUT2D eigenvalue weighted by molar-refractivity contribution is 0.339. The van der Waals surface area contributed by atoms with E-state index in [-0.39, 0.29) is 0 Å². The summed E-state index contributed by atoms with van der Waals surface area (Å²) in [6, 6.07) is 2.90. The van der Waals surface area contributed by atoms with Crippen LogP contribution >= 0.6 is 27.3 Å². The smallest absolute Gasteiger partial charge is 0.0327 e. The molecule has 2 rings (SSSR count). The zero-order valence-corrected chi connectivity index (χ0v) is 9.25. The normalized spacial score (nSPS) is 17.8. The Labute approximate surface area is 85.3 Å². The zero-order chi connectivity index (χ0) is 8.39. The molecule has 12 heavy (non-hydrogen) atoms. The van der Waals surface area contributed by atoms with Crippen LogP contribution in [0.3, 0.4) is 0 Å². The van der Waals surface area contributed by atoms with Crippen LogP contribution in [0.15, 0.2) is 15.9 Å². The average Bonchev–Trinajstić information content (AvgIpc) is 2.33. The highest BCUT2D eigenvalue weighted by Crippen LogP contribution is 2.24. The molecule has 0 radical (unpaired) electrons. The Morgan fingerprint density at radius 3 is 2.92 bits per heavy atom. The van der Waals surface area contributed by atoms with Crippen molar-refractivity contribution in [1.82, 2.24) is 5.32 Å². The van der Waals surface area contributed by atoms with Crippen LogP contribution < -0.4 is 5.32 Å². The van der Waals surface area contributed by atoms with Gasteiger partial charge in [0.05, 0.1) is 0 Å². The van der Waals surface area contributed by atoms with Gasteiger partial charge in [0.25, 0.3) is 0 Å². The molecule has 0 unspecified atom stereocenters. The van der Waals surface area contributed by atoms with Crippen molar-refractivity contribution in [3.05, 3.63) is 20.8 Å². The van der Waals surface area contributed by atoms with E-state index in [0.717, 1.165) is 12.6 Å². The molecule has 0 amide bonds. The van der Waals surface area contributed by atoms with E-state index in [1.807, 2.05) is 11.3 Å². The summed E-state index contributed by atoms with van der Waals surface area (Å²) in [5.74, 6) is 0. The highest BCUT2D eigenvalue weighted by atomic mass is 79.9. The SMILES string of the molecule is Brc1ccsc1CNC1CCC1. The third-order valence-electron chi connectivity index (χ3n) is 2.35. The highest BCUT2D eigenvalue weighted by molar-refractivity contribution is 9.10. The van der Waals surface area contributed by atoms with Crippen LogP contribution in [0.5, 0.6) is 0 Å². The van der Waals surface area contributed by atoms with Gasteiger partial charge >= 0.3 is 0 Å². The van der Waals surface area contributed by atoms with Gasteiger partial charge in [0.15, 0.2) is 0 Å². The predicted octanol–water partition coefficient (Wildman–Crippen LogP) is 3.15. The molecular formula is C9H12BrNS.